The van der Waals surface area contributed by atoms with E-state index in [1.54, 1.807) is 40.6 Å². The molecule has 0 aliphatic carbocycles. The van der Waals surface area contributed by atoms with Crippen LogP contribution in [-0.4, -0.2) is 66.4 Å². The predicted molar refractivity (Wildman–Crippen MR) is 126 cm³/mol. The number of pyridine rings is 1. The van der Waals surface area contributed by atoms with Gasteiger partial charge in [0, 0.05) is 45.1 Å². The van der Waals surface area contributed by atoms with Crippen molar-refractivity contribution in [2.75, 3.05) is 20.1 Å². The Morgan fingerprint density at radius 1 is 1.12 bits per heavy atom. The lowest BCUT2D eigenvalue weighted by Crippen LogP contribution is -2.37. The van der Waals surface area contributed by atoms with E-state index in [9.17, 15) is 9.59 Å². The number of piperidine rings is 1. The molecule has 5 rings (SSSR count). The van der Waals surface area contributed by atoms with Crippen molar-refractivity contribution < 1.29 is 9.59 Å². The summed E-state index contributed by atoms with van der Waals surface area (Å²) in [6.45, 7) is 1.81. The number of nitrogens with zero attached hydrogens (tertiary/aromatic N) is 7. The van der Waals surface area contributed by atoms with Crippen molar-refractivity contribution in [2.24, 2.45) is 7.05 Å². The number of benzene rings is 1. The molecule has 174 valence electrons. The van der Waals surface area contributed by atoms with E-state index in [2.05, 4.69) is 27.5 Å². The first kappa shape index (κ1) is 21.8. The molecule has 1 fully saturated rings. The summed E-state index contributed by atoms with van der Waals surface area (Å²) < 4.78 is 3.36. The summed E-state index contributed by atoms with van der Waals surface area (Å²) in [6.07, 6.45) is 7.10. The quantitative estimate of drug-likeness (QED) is 0.460. The van der Waals surface area contributed by atoms with Crippen molar-refractivity contribution in [3.8, 4) is 0 Å². The van der Waals surface area contributed by atoms with Crippen LogP contribution in [0.5, 0.6) is 0 Å². The molecule has 0 unspecified atom stereocenters. The second-order valence-corrected chi connectivity index (χ2v) is 8.83. The number of likely N-dealkylation sites (tertiary alicyclic amines) is 1. The van der Waals surface area contributed by atoms with E-state index in [0.717, 1.165) is 42.7 Å². The topological polar surface area (TPSA) is 88.6 Å². The first-order valence-electron chi connectivity index (χ1n) is 11.4. The van der Waals surface area contributed by atoms with Crippen LogP contribution >= 0.6 is 0 Å². The first-order valence-corrected chi connectivity index (χ1v) is 11.4. The van der Waals surface area contributed by atoms with Crippen LogP contribution in [0, 0.1) is 0 Å². The molecule has 3 aromatic heterocycles. The van der Waals surface area contributed by atoms with Crippen LogP contribution in [0.2, 0.25) is 0 Å². The van der Waals surface area contributed by atoms with E-state index in [1.165, 1.54) is 5.56 Å². The summed E-state index contributed by atoms with van der Waals surface area (Å²) in [4.78, 5) is 29.5. The Labute approximate surface area is 197 Å². The van der Waals surface area contributed by atoms with Gasteiger partial charge in [0.05, 0.1) is 23.8 Å². The molecular formula is C25H27N7O2. The Morgan fingerprint density at radius 2 is 1.88 bits per heavy atom. The SMILES string of the molecule is CN(Cc1cn(C)nn1)C(=O)c1cnn2ccc(C3CCN(C(=O)c4ccccc4)CC3)cc12. The van der Waals surface area contributed by atoms with Crippen molar-refractivity contribution in [2.45, 2.75) is 25.3 Å². The summed E-state index contributed by atoms with van der Waals surface area (Å²) in [5, 5.41) is 12.4. The minimum atomic E-state index is -0.110. The number of hydrogen-bond acceptors (Lipinski definition) is 5. The monoisotopic (exact) mass is 457 g/mol. The van der Waals surface area contributed by atoms with E-state index < -0.39 is 0 Å². The summed E-state index contributed by atoms with van der Waals surface area (Å²) in [5.74, 6) is 0.311. The van der Waals surface area contributed by atoms with E-state index in [1.807, 2.05) is 41.4 Å². The molecule has 9 nitrogen and oxygen atoms in total. The van der Waals surface area contributed by atoms with Crippen LogP contribution in [0.4, 0.5) is 0 Å². The lowest BCUT2D eigenvalue weighted by Gasteiger charge is -2.32. The molecule has 0 bridgehead atoms. The molecule has 4 heterocycles. The lowest BCUT2D eigenvalue weighted by molar-refractivity contribution is 0.0712. The Bertz CT molecular complexity index is 1320. The van der Waals surface area contributed by atoms with E-state index in [0.29, 0.717) is 18.0 Å². The molecule has 4 aromatic rings. The van der Waals surface area contributed by atoms with Gasteiger partial charge in [-0.15, -0.1) is 5.10 Å². The molecule has 0 atom stereocenters. The standard InChI is InChI=1S/C25H27N7O2/c1-29(16-21-17-30(2)28-27-21)25(34)22-15-26-32-13-10-20(14-23(22)32)18-8-11-31(12-9-18)24(33)19-6-4-3-5-7-19/h3-7,10,13-15,17-18H,8-9,11-12,16H2,1-2H3. The van der Waals surface area contributed by atoms with Gasteiger partial charge < -0.3 is 9.80 Å². The molecule has 2 amide bonds. The van der Waals surface area contributed by atoms with Gasteiger partial charge in [0.15, 0.2) is 0 Å². The van der Waals surface area contributed by atoms with Crippen molar-refractivity contribution in [1.82, 2.24) is 34.4 Å². The maximum atomic E-state index is 13.1. The zero-order valence-corrected chi connectivity index (χ0v) is 19.3. The number of amides is 2. The van der Waals surface area contributed by atoms with Gasteiger partial charge in [0.25, 0.3) is 11.8 Å². The Balaban J connectivity index is 1.29. The summed E-state index contributed by atoms with van der Waals surface area (Å²) in [5.41, 5.74) is 3.98. The van der Waals surface area contributed by atoms with E-state index >= 15 is 0 Å². The average Bonchev–Trinajstić information content (AvgIpc) is 3.49. The van der Waals surface area contributed by atoms with Crippen molar-refractivity contribution in [3.05, 3.63) is 83.4 Å². The normalized spacial score (nSPS) is 14.5. The summed E-state index contributed by atoms with van der Waals surface area (Å²) >= 11 is 0. The molecule has 9 heteroatoms. The first-order chi connectivity index (χ1) is 16.5. The van der Waals surface area contributed by atoms with Crippen molar-refractivity contribution in [3.63, 3.8) is 0 Å². The highest BCUT2D eigenvalue weighted by molar-refractivity contribution is 6.00. The van der Waals surface area contributed by atoms with Crippen LogP contribution in [-0.2, 0) is 13.6 Å². The highest BCUT2D eigenvalue weighted by atomic mass is 16.2. The molecule has 1 saturated heterocycles. The molecule has 34 heavy (non-hydrogen) atoms. The molecule has 0 radical (unpaired) electrons. The van der Waals surface area contributed by atoms with Gasteiger partial charge in [0.2, 0.25) is 0 Å². The maximum absolute atomic E-state index is 13.1. The van der Waals surface area contributed by atoms with Gasteiger partial charge in [-0.1, -0.05) is 23.4 Å². The van der Waals surface area contributed by atoms with Crippen LogP contribution < -0.4 is 0 Å². The van der Waals surface area contributed by atoms with E-state index in [4.69, 9.17) is 0 Å². The number of carbonyl (C=O) groups excluding carboxylic acids is 2. The fourth-order valence-corrected chi connectivity index (χ4v) is 4.58. The van der Waals surface area contributed by atoms with Gasteiger partial charge in [-0.25, -0.2) is 4.52 Å². The number of hydrogen-bond donors (Lipinski definition) is 0. The predicted octanol–water partition coefficient (Wildman–Crippen LogP) is 2.75. The van der Waals surface area contributed by atoms with Crippen LogP contribution in [0.15, 0.2) is 61.1 Å². The number of aromatic nitrogens is 5. The molecule has 1 aromatic carbocycles. The fraction of sp³-hybridized carbons (Fsp3) is 0.320. The second-order valence-electron chi connectivity index (χ2n) is 8.83. The Morgan fingerprint density at radius 3 is 2.59 bits per heavy atom. The van der Waals surface area contributed by atoms with Gasteiger partial charge >= 0.3 is 0 Å². The van der Waals surface area contributed by atoms with Crippen LogP contribution in [0.25, 0.3) is 5.52 Å². The van der Waals surface area contributed by atoms with Crippen LogP contribution in [0.1, 0.15) is 50.7 Å². The summed E-state index contributed by atoms with van der Waals surface area (Å²) in [7, 11) is 3.55. The number of aryl methyl sites for hydroxylation is 1. The second kappa shape index (κ2) is 9.09. The van der Waals surface area contributed by atoms with Crippen LogP contribution in [0.3, 0.4) is 0 Å². The summed E-state index contributed by atoms with van der Waals surface area (Å²) in [6, 6.07) is 13.6. The average molecular weight is 458 g/mol. The highest BCUT2D eigenvalue weighted by Gasteiger charge is 2.25. The largest absolute Gasteiger partial charge is 0.339 e. The minimum Gasteiger partial charge on any atom is -0.339 e. The van der Waals surface area contributed by atoms with Gasteiger partial charge in [0.1, 0.15) is 5.69 Å². The van der Waals surface area contributed by atoms with Gasteiger partial charge in [-0.2, -0.15) is 5.10 Å². The molecule has 1 aliphatic rings. The molecular weight excluding hydrogens is 430 g/mol. The maximum Gasteiger partial charge on any atom is 0.257 e. The lowest BCUT2D eigenvalue weighted by atomic mass is 9.89. The fourth-order valence-electron chi connectivity index (χ4n) is 4.58. The molecule has 0 saturated carbocycles. The smallest absolute Gasteiger partial charge is 0.257 e. The molecule has 1 aliphatic heterocycles. The zero-order valence-electron chi connectivity index (χ0n) is 19.3. The molecule has 0 spiro atoms. The highest BCUT2D eigenvalue weighted by Crippen LogP contribution is 2.30. The minimum absolute atomic E-state index is 0.0873. The van der Waals surface area contributed by atoms with Gasteiger partial charge in [-0.05, 0) is 48.6 Å². The van der Waals surface area contributed by atoms with Crippen molar-refractivity contribution in [1.29, 1.82) is 0 Å². The molecule has 0 N–H and O–H groups in total. The Kier molecular flexibility index (Phi) is 5.83. The number of rotatable bonds is 5. The van der Waals surface area contributed by atoms with Crippen molar-refractivity contribution >= 4 is 17.3 Å². The van der Waals surface area contributed by atoms with E-state index in [-0.39, 0.29) is 11.8 Å². The Hall–Kier alpha value is -4.01. The number of carbonyl (C=O) groups is 2. The number of fused-ring (bicyclic) bond motifs is 1. The zero-order chi connectivity index (χ0) is 23.7. The third-order valence-electron chi connectivity index (χ3n) is 6.45. The third kappa shape index (κ3) is 4.28. The van der Waals surface area contributed by atoms with Gasteiger partial charge in [-0.3, -0.25) is 14.3 Å². The third-order valence-corrected chi connectivity index (χ3v) is 6.45.